The summed E-state index contributed by atoms with van der Waals surface area (Å²) in [5, 5.41) is 3.53. The molecule has 0 aliphatic heterocycles. The number of carbonyl (C=O) groups excluding carboxylic acids is 1. The fourth-order valence-electron chi connectivity index (χ4n) is 3.24. The van der Waals surface area contributed by atoms with Gasteiger partial charge in [-0.05, 0) is 57.2 Å². The van der Waals surface area contributed by atoms with Gasteiger partial charge >= 0.3 is 0 Å². The summed E-state index contributed by atoms with van der Waals surface area (Å²) in [5.41, 5.74) is 2.72. The molecule has 0 bridgehead atoms. The number of amides is 1. The van der Waals surface area contributed by atoms with E-state index in [0.717, 1.165) is 23.5 Å². The normalized spacial score (nSPS) is 10.9. The van der Waals surface area contributed by atoms with Gasteiger partial charge in [-0.3, -0.25) is 4.79 Å². The standard InChI is InChI=1S/C23H26ClN3O2/c1-4-27(16(2)3)18-11-9-17(10-12-18)26-22(28)13-14-23-25-15-21(29-23)19-7-5-6-8-20(19)24/h5-12,15-16H,4,13-14H2,1-3H3,(H,26,28). The van der Waals surface area contributed by atoms with Crippen molar-refractivity contribution in [2.75, 3.05) is 16.8 Å². The lowest BCUT2D eigenvalue weighted by Gasteiger charge is -2.27. The highest BCUT2D eigenvalue weighted by Crippen LogP contribution is 2.28. The minimum atomic E-state index is -0.0774. The predicted molar refractivity (Wildman–Crippen MR) is 118 cm³/mol. The van der Waals surface area contributed by atoms with Crippen molar-refractivity contribution in [2.45, 2.75) is 39.7 Å². The molecule has 1 aromatic heterocycles. The van der Waals surface area contributed by atoms with Crippen LogP contribution in [0.3, 0.4) is 0 Å². The number of hydrogen-bond acceptors (Lipinski definition) is 4. The number of hydrogen-bond donors (Lipinski definition) is 1. The van der Waals surface area contributed by atoms with E-state index in [1.54, 1.807) is 12.3 Å². The number of aromatic nitrogens is 1. The summed E-state index contributed by atoms with van der Waals surface area (Å²) in [6, 6.07) is 15.8. The smallest absolute Gasteiger partial charge is 0.224 e. The fourth-order valence-corrected chi connectivity index (χ4v) is 3.47. The van der Waals surface area contributed by atoms with E-state index in [9.17, 15) is 4.79 Å². The van der Waals surface area contributed by atoms with Crippen LogP contribution in [0.15, 0.2) is 59.1 Å². The van der Waals surface area contributed by atoms with Crippen molar-refractivity contribution in [2.24, 2.45) is 0 Å². The average Bonchev–Trinajstić information content (AvgIpc) is 3.17. The van der Waals surface area contributed by atoms with E-state index >= 15 is 0 Å². The molecular weight excluding hydrogens is 386 g/mol. The molecule has 0 fully saturated rings. The summed E-state index contributed by atoms with van der Waals surface area (Å²) in [4.78, 5) is 18.8. The Morgan fingerprint density at radius 3 is 2.55 bits per heavy atom. The van der Waals surface area contributed by atoms with Crippen LogP contribution in [0.1, 0.15) is 33.1 Å². The second kappa shape index (κ2) is 9.61. The molecule has 29 heavy (non-hydrogen) atoms. The number of anilines is 2. The van der Waals surface area contributed by atoms with Crippen molar-refractivity contribution in [1.29, 1.82) is 0 Å². The molecule has 1 amide bonds. The Morgan fingerprint density at radius 1 is 1.17 bits per heavy atom. The Kier molecular flexibility index (Phi) is 6.94. The third kappa shape index (κ3) is 5.39. The molecular formula is C23H26ClN3O2. The maximum Gasteiger partial charge on any atom is 0.224 e. The molecule has 0 radical (unpaired) electrons. The van der Waals surface area contributed by atoms with E-state index in [1.807, 2.05) is 42.5 Å². The first kappa shape index (κ1) is 20.9. The van der Waals surface area contributed by atoms with Crippen LogP contribution in [0.25, 0.3) is 11.3 Å². The maximum absolute atomic E-state index is 12.3. The molecule has 0 spiro atoms. The Labute approximate surface area is 176 Å². The molecule has 0 atom stereocenters. The number of carbonyl (C=O) groups is 1. The van der Waals surface area contributed by atoms with Crippen molar-refractivity contribution in [1.82, 2.24) is 4.98 Å². The Morgan fingerprint density at radius 2 is 1.90 bits per heavy atom. The molecule has 6 heteroatoms. The van der Waals surface area contributed by atoms with Crippen molar-refractivity contribution >= 4 is 28.9 Å². The average molecular weight is 412 g/mol. The topological polar surface area (TPSA) is 58.4 Å². The SMILES string of the molecule is CCN(c1ccc(NC(=O)CCc2ncc(-c3ccccc3Cl)o2)cc1)C(C)C. The lowest BCUT2D eigenvalue weighted by molar-refractivity contribution is -0.116. The number of halogens is 1. The second-order valence-electron chi connectivity index (χ2n) is 7.07. The number of nitrogens with zero attached hydrogens (tertiary/aromatic N) is 2. The monoisotopic (exact) mass is 411 g/mol. The van der Waals surface area contributed by atoms with Gasteiger partial charge in [-0.25, -0.2) is 4.98 Å². The van der Waals surface area contributed by atoms with E-state index in [4.69, 9.17) is 16.0 Å². The largest absolute Gasteiger partial charge is 0.441 e. The molecule has 1 heterocycles. The van der Waals surface area contributed by atoms with E-state index in [2.05, 4.69) is 36.0 Å². The Balaban J connectivity index is 1.55. The third-order valence-electron chi connectivity index (χ3n) is 4.71. The third-order valence-corrected chi connectivity index (χ3v) is 5.04. The molecule has 0 aliphatic carbocycles. The fraction of sp³-hybridized carbons (Fsp3) is 0.304. The number of rotatable bonds is 8. The van der Waals surface area contributed by atoms with Crippen LogP contribution >= 0.6 is 11.6 Å². The minimum absolute atomic E-state index is 0.0774. The van der Waals surface area contributed by atoms with E-state index in [0.29, 0.717) is 29.1 Å². The molecule has 0 aliphatic rings. The highest BCUT2D eigenvalue weighted by atomic mass is 35.5. The molecule has 0 saturated heterocycles. The van der Waals surface area contributed by atoms with Gasteiger partial charge in [-0.15, -0.1) is 0 Å². The van der Waals surface area contributed by atoms with Crippen LogP contribution in [-0.2, 0) is 11.2 Å². The van der Waals surface area contributed by atoms with Crippen LogP contribution in [0.4, 0.5) is 11.4 Å². The number of benzene rings is 2. The quantitative estimate of drug-likeness (QED) is 0.508. The highest BCUT2D eigenvalue weighted by molar-refractivity contribution is 6.33. The first-order chi connectivity index (χ1) is 14.0. The van der Waals surface area contributed by atoms with Crippen LogP contribution < -0.4 is 10.2 Å². The van der Waals surface area contributed by atoms with Crippen molar-refractivity contribution in [3.63, 3.8) is 0 Å². The predicted octanol–water partition coefficient (Wildman–Crippen LogP) is 5.80. The van der Waals surface area contributed by atoms with Gasteiger partial charge < -0.3 is 14.6 Å². The molecule has 0 saturated carbocycles. The summed E-state index contributed by atoms with van der Waals surface area (Å²) < 4.78 is 5.75. The van der Waals surface area contributed by atoms with Gasteiger partial charge in [0.2, 0.25) is 5.91 Å². The van der Waals surface area contributed by atoms with Gasteiger partial charge in [-0.2, -0.15) is 0 Å². The molecule has 3 rings (SSSR count). The van der Waals surface area contributed by atoms with Gasteiger partial charge in [0.25, 0.3) is 0 Å². The zero-order valence-corrected chi connectivity index (χ0v) is 17.7. The molecule has 0 unspecified atom stereocenters. The van der Waals surface area contributed by atoms with Gasteiger partial charge in [0.15, 0.2) is 11.7 Å². The minimum Gasteiger partial charge on any atom is -0.441 e. The molecule has 152 valence electrons. The van der Waals surface area contributed by atoms with Gasteiger partial charge in [0.05, 0.1) is 11.2 Å². The molecule has 2 aromatic carbocycles. The van der Waals surface area contributed by atoms with E-state index in [1.165, 1.54) is 0 Å². The summed E-state index contributed by atoms with van der Waals surface area (Å²) in [7, 11) is 0. The van der Waals surface area contributed by atoms with Crippen LogP contribution in [0, 0.1) is 0 Å². The first-order valence-electron chi connectivity index (χ1n) is 9.84. The van der Waals surface area contributed by atoms with Crippen LogP contribution in [0.2, 0.25) is 5.02 Å². The number of aryl methyl sites for hydroxylation is 1. The van der Waals surface area contributed by atoms with Crippen LogP contribution in [-0.4, -0.2) is 23.5 Å². The van der Waals surface area contributed by atoms with Gasteiger partial charge in [0.1, 0.15) is 0 Å². The molecule has 5 nitrogen and oxygen atoms in total. The lowest BCUT2D eigenvalue weighted by atomic mass is 10.2. The number of oxazole rings is 1. The molecule has 3 aromatic rings. The summed E-state index contributed by atoms with van der Waals surface area (Å²) in [6.07, 6.45) is 2.35. The Hall–Kier alpha value is -2.79. The zero-order chi connectivity index (χ0) is 20.8. The first-order valence-corrected chi connectivity index (χ1v) is 10.2. The maximum atomic E-state index is 12.3. The van der Waals surface area contributed by atoms with Crippen LogP contribution in [0.5, 0.6) is 0 Å². The second-order valence-corrected chi connectivity index (χ2v) is 7.48. The van der Waals surface area contributed by atoms with Crippen molar-refractivity contribution in [3.8, 4) is 11.3 Å². The molecule has 1 N–H and O–H groups in total. The summed E-state index contributed by atoms with van der Waals surface area (Å²) in [5.74, 6) is 1.04. The van der Waals surface area contributed by atoms with Crippen molar-refractivity contribution in [3.05, 3.63) is 65.6 Å². The summed E-state index contributed by atoms with van der Waals surface area (Å²) >= 11 is 6.19. The van der Waals surface area contributed by atoms with Gasteiger partial charge in [-0.1, -0.05) is 23.7 Å². The zero-order valence-electron chi connectivity index (χ0n) is 17.0. The number of nitrogens with one attached hydrogen (secondary N) is 1. The van der Waals surface area contributed by atoms with E-state index < -0.39 is 0 Å². The highest BCUT2D eigenvalue weighted by Gasteiger charge is 2.12. The lowest BCUT2D eigenvalue weighted by Crippen LogP contribution is -2.30. The van der Waals surface area contributed by atoms with Crippen molar-refractivity contribution < 1.29 is 9.21 Å². The summed E-state index contributed by atoms with van der Waals surface area (Å²) in [6.45, 7) is 7.41. The van der Waals surface area contributed by atoms with Gasteiger partial charge in [0, 0.05) is 42.4 Å². The Bertz CT molecular complexity index is 951. The van der Waals surface area contributed by atoms with E-state index in [-0.39, 0.29) is 12.3 Å².